The molecule has 1 aromatic heterocycles. The van der Waals surface area contributed by atoms with Gasteiger partial charge in [-0.2, -0.15) is 0 Å². The number of phenolic OH excluding ortho intramolecular Hbond substituents is 1. The van der Waals surface area contributed by atoms with Gasteiger partial charge in [0.1, 0.15) is 5.82 Å². The van der Waals surface area contributed by atoms with E-state index in [1.165, 1.54) is 37.4 Å². The van der Waals surface area contributed by atoms with Crippen LogP contribution in [0.1, 0.15) is 42.0 Å². The van der Waals surface area contributed by atoms with E-state index in [9.17, 15) is 19.1 Å². The molecule has 0 fully saturated rings. The maximum atomic E-state index is 13.6. The van der Waals surface area contributed by atoms with E-state index in [2.05, 4.69) is 10.6 Å². The average Bonchev–Trinajstić information content (AvgIpc) is 3.40. The van der Waals surface area contributed by atoms with Gasteiger partial charge in [0.05, 0.1) is 7.11 Å². The first-order valence-electron chi connectivity index (χ1n) is 11.6. The lowest BCUT2D eigenvalue weighted by atomic mass is 9.72. The van der Waals surface area contributed by atoms with Crippen LogP contribution in [0.3, 0.4) is 0 Å². The molecule has 0 unspecified atom stereocenters. The molecule has 1 aliphatic heterocycles. The smallest absolute Gasteiger partial charge is 0.254 e. The number of halogens is 1. The van der Waals surface area contributed by atoms with Gasteiger partial charge in [-0.15, -0.1) is 11.3 Å². The van der Waals surface area contributed by atoms with Crippen LogP contribution in [0.5, 0.6) is 11.5 Å². The lowest BCUT2D eigenvalue weighted by molar-refractivity contribution is -0.116. The Morgan fingerprint density at radius 3 is 2.64 bits per heavy atom. The molecule has 3 aromatic rings. The highest BCUT2D eigenvalue weighted by Gasteiger charge is 2.41. The molecule has 8 heteroatoms. The summed E-state index contributed by atoms with van der Waals surface area (Å²) >= 11 is 1.63. The molecular weight excluding hydrogens is 479 g/mol. The molecule has 2 aromatic carbocycles. The third-order valence-corrected chi connectivity index (χ3v) is 7.69. The normalized spacial score (nSPS) is 19.6. The molecule has 3 N–H and O–H groups in total. The predicted molar refractivity (Wildman–Crippen MR) is 137 cm³/mol. The number of dihydropyridines is 1. The highest BCUT2D eigenvalue weighted by molar-refractivity contribution is 7.10. The lowest BCUT2D eigenvalue weighted by Gasteiger charge is -2.36. The molecule has 0 saturated heterocycles. The van der Waals surface area contributed by atoms with E-state index in [0.29, 0.717) is 40.9 Å². The molecule has 2 aliphatic rings. The zero-order chi connectivity index (χ0) is 25.4. The van der Waals surface area contributed by atoms with Gasteiger partial charge in [-0.3, -0.25) is 9.59 Å². The average molecular weight is 505 g/mol. The number of carbonyl (C=O) groups excluding carboxylic acids is 2. The van der Waals surface area contributed by atoms with Crippen LogP contribution < -0.4 is 15.4 Å². The summed E-state index contributed by atoms with van der Waals surface area (Å²) in [6.07, 6.45) is 0.996. The van der Waals surface area contributed by atoms with Gasteiger partial charge >= 0.3 is 0 Å². The number of hydrogen-bond donors (Lipinski definition) is 3. The first kappa shape index (κ1) is 23.8. The minimum absolute atomic E-state index is 0.0289. The number of aromatic hydroxyl groups is 1. The number of ketones is 1. The fourth-order valence-electron chi connectivity index (χ4n) is 5.00. The van der Waals surface area contributed by atoms with E-state index < -0.39 is 17.6 Å². The van der Waals surface area contributed by atoms with Crippen LogP contribution in [-0.4, -0.2) is 23.9 Å². The van der Waals surface area contributed by atoms with Gasteiger partial charge in [0.15, 0.2) is 17.3 Å². The topological polar surface area (TPSA) is 87.7 Å². The zero-order valence-corrected chi connectivity index (χ0v) is 20.6. The number of amides is 1. The number of Topliss-reactive ketones (excluding diaryl/α,β-unsaturated/α-hetero) is 1. The molecule has 1 aliphatic carbocycles. The summed E-state index contributed by atoms with van der Waals surface area (Å²) in [5.41, 5.74) is 3.46. The standard InChI is InChI=1S/C28H25FN2O4S/c1-15-25(28(34)31-19-8-6-18(29)7-9-19)26(16-5-10-21(32)23(14-16)35-2)27-20(30-15)12-17(13-22(27)33)24-4-3-11-36-24/h3-11,14,17,26,30,32H,12-13H2,1-2H3,(H,31,34)/t17-,26-/m0/s1. The molecule has 0 radical (unpaired) electrons. The van der Waals surface area contributed by atoms with Crippen LogP contribution in [0.2, 0.25) is 0 Å². The van der Waals surface area contributed by atoms with E-state index in [1.807, 2.05) is 24.4 Å². The summed E-state index contributed by atoms with van der Waals surface area (Å²) in [7, 11) is 1.45. The van der Waals surface area contributed by atoms with Crippen molar-refractivity contribution in [2.24, 2.45) is 0 Å². The van der Waals surface area contributed by atoms with Crippen LogP contribution >= 0.6 is 11.3 Å². The second-order valence-corrected chi connectivity index (χ2v) is 9.90. The maximum Gasteiger partial charge on any atom is 0.254 e. The quantitative estimate of drug-likeness (QED) is 0.421. The van der Waals surface area contributed by atoms with Crippen molar-refractivity contribution in [3.63, 3.8) is 0 Å². The van der Waals surface area contributed by atoms with E-state index in [4.69, 9.17) is 4.74 Å². The number of hydrogen-bond acceptors (Lipinski definition) is 6. The summed E-state index contributed by atoms with van der Waals surface area (Å²) in [6.45, 7) is 1.81. The molecule has 184 valence electrons. The van der Waals surface area contributed by atoms with Crippen molar-refractivity contribution in [1.82, 2.24) is 5.32 Å². The molecule has 5 rings (SSSR count). The summed E-state index contributed by atoms with van der Waals surface area (Å²) in [5, 5.41) is 18.4. The minimum Gasteiger partial charge on any atom is -0.504 e. The Hall–Kier alpha value is -3.91. The number of carbonyl (C=O) groups is 2. The highest BCUT2D eigenvalue weighted by atomic mass is 32.1. The number of phenols is 1. The number of thiophene rings is 1. The van der Waals surface area contributed by atoms with Gasteiger partial charge < -0.3 is 20.5 Å². The van der Waals surface area contributed by atoms with Crippen molar-refractivity contribution in [3.05, 3.63) is 98.8 Å². The van der Waals surface area contributed by atoms with Crippen LogP contribution in [0.25, 0.3) is 0 Å². The molecule has 0 saturated carbocycles. The Kier molecular flexibility index (Phi) is 6.36. The number of anilines is 1. The Morgan fingerprint density at radius 2 is 1.94 bits per heavy atom. The van der Waals surface area contributed by atoms with Crippen molar-refractivity contribution in [3.8, 4) is 11.5 Å². The number of nitrogens with one attached hydrogen (secondary N) is 2. The Morgan fingerprint density at radius 1 is 1.17 bits per heavy atom. The number of ether oxygens (including phenoxy) is 1. The molecule has 2 atom stereocenters. The van der Waals surface area contributed by atoms with E-state index in [1.54, 1.807) is 23.5 Å². The largest absolute Gasteiger partial charge is 0.504 e. The number of benzene rings is 2. The third-order valence-electron chi connectivity index (χ3n) is 6.66. The summed E-state index contributed by atoms with van der Waals surface area (Å²) in [5.74, 6) is -1.20. The van der Waals surface area contributed by atoms with Crippen molar-refractivity contribution in [2.75, 3.05) is 12.4 Å². The predicted octanol–water partition coefficient (Wildman–Crippen LogP) is 5.60. The van der Waals surface area contributed by atoms with Gasteiger partial charge in [0.25, 0.3) is 5.91 Å². The van der Waals surface area contributed by atoms with Gasteiger partial charge in [-0.25, -0.2) is 4.39 Å². The van der Waals surface area contributed by atoms with Crippen molar-refractivity contribution >= 4 is 28.7 Å². The van der Waals surface area contributed by atoms with E-state index >= 15 is 0 Å². The van der Waals surface area contributed by atoms with Crippen molar-refractivity contribution in [2.45, 2.75) is 31.6 Å². The van der Waals surface area contributed by atoms with E-state index in [0.717, 1.165) is 10.6 Å². The second kappa shape index (κ2) is 9.62. The van der Waals surface area contributed by atoms with E-state index in [-0.39, 0.29) is 23.2 Å². The van der Waals surface area contributed by atoms with Gasteiger partial charge in [-0.1, -0.05) is 12.1 Å². The molecule has 0 bridgehead atoms. The Bertz CT molecular complexity index is 1390. The zero-order valence-electron chi connectivity index (χ0n) is 19.8. The van der Waals surface area contributed by atoms with Crippen LogP contribution in [0, 0.1) is 5.82 Å². The minimum atomic E-state index is -0.659. The number of methoxy groups -OCH3 is 1. The van der Waals surface area contributed by atoms with Crippen molar-refractivity contribution in [1.29, 1.82) is 0 Å². The fourth-order valence-corrected chi connectivity index (χ4v) is 5.83. The summed E-state index contributed by atoms with van der Waals surface area (Å²) in [6, 6.07) is 14.4. The first-order chi connectivity index (χ1) is 17.4. The van der Waals surface area contributed by atoms with Gasteiger partial charge in [-0.05, 0) is 66.8 Å². The van der Waals surface area contributed by atoms with Crippen molar-refractivity contribution < 1.29 is 23.8 Å². The van der Waals surface area contributed by atoms with Gasteiger partial charge in [0, 0.05) is 51.4 Å². The molecular formula is C28H25FN2O4S. The maximum absolute atomic E-state index is 13.6. The van der Waals surface area contributed by atoms with Crippen LogP contribution in [-0.2, 0) is 9.59 Å². The number of allylic oxidation sites excluding steroid dienone is 3. The number of rotatable bonds is 5. The second-order valence-electron chi connectivity index (χ2n) is 8.92. The SMILES string of the molecule is COc1cc([C@H]2C(C(=O)Nc3ccc(F)cc3)=C(C)NC3=C2C(=O)C[C@@H](c2cccs2)C3)ccc1O. The summed E-state index contributed by atoms with van der Waals surface area (Å²) in [4.78, 5) is 28.4. The fraction of sp³-hybridized carbons (Fsp3) is 0.214. The molecule has 0 spiro atoms. The van der Waals surface area contributed by atoms with Crippen LogP contribution in [0.15, 0.2) is 82.5 Å². The first-order valence-corrected chi connectivity index (χ1v) is 12.4. The molecule has 6 nitrogen and oxygen atoms in total. The monoisotopic (exact) mass is 504 g/mol. The van der Waals surface area contributed by atoms with Gasteiger partial charge in [0.2, 0.25) is 0 Å². The molecule has 36 heavy (non-hydrogen) atoms. The highest BCUT2D eigenvalue weighted by Crippen LogP contribution is 2.47. The summed E-state index contributed by atoms with van der Waals surface area (Å²) < 4.78 is 18.7. The van der Waals surface area contributed by atoms with Crippen LogP contribution in [0.4, 0.5) is 10.1 Å². The molecule has 1 amide bonds. The lowest BCUT2D eigenvalue weighted by Crippen LogP contribution is -2.37. The molecule has 2 heterocycles. The Balaban J connectivity index is 1.59. The Labute approximate surface area is 212 Å². The third kappa shape index (κ3) is 4.40.